The van der Waals surface area contributed by atoms with Crippen LogP contribution in [0.5, 0.6) is 0 Å². The van der Waals surface area contributed by atoms with Crippen LogP contribution in [-0.2, 0) is 19.4 Å². The van der Waals surface area contributed by atoms with Gasteiger partial charge >= 0.3 is 0 Å². The van der Waals surface area contributed by atoms with Gasteiger partial charge in [0.2, 0.25) is 0 Å². The van der Waals surface area contributed by atoms with E-state index in [1.54, 1.807) is 0 Å². The summed E-state index contributed by atoms with van der Waals surface area (Å²) in [5.41, 5.74) is 3.51. The highest BCUT2D eigenvalue weighted by Crippen LogP contribution is 2.22. The van der Waals surface area contributed by atoms with Crippen LogP contribution in [0.1, 0.15) is 35.9 Å². The van der Waals surface area contributed by atoms with Crippen LogP contribution in [0.15, 0.2) is 36.7 Å². The van der Waals surface area contributed by atoms with Gasteiger partial charge in [-0.25, -0.2) is 4.98 Å². The van der Waals surface area contributed by atoms with Crippen molar-refractivity contribution in [3.05, 3.63) is 53.6 Å². The first-order valence-corrected chi connectivity index (χ1v) is 6.60. The van der Waals surface area contributed by atoms with Crippen molar-refractivity contribution in [3.8, 4) is 0 Å². The highest BCUT2D eigenvalue weighted by Gasteiger charge is 2.17. The van der Waals surface area contributed by atoms with Crippen LogP contribution >= 0.6 is 0 Å². The first kappa shape index (κ1) is 11.5. The van der Waals surface area contributed by atoms with Gasteiger partial charge in [-0.1, -0.05) is 30.3 Å². The lowest BCUT2D eigenvalue weighted by molar-refractivity contribution is 0.155. The standard InChI is InChI=1S/C15H18N2O/c18-15(12-6-2-1-3-7-12)10-17-11-16-13-8-4-5-9-14(13)17/h1-3,6-7,11,15,18H,4-5,8-10H2. The number of benzene rings is 1. The second-order valence-electron chi connectivity index (χ2n) is 4.92. The minimum Gasteiger partial charge on any atom is -0.387 e. The molecule has 1 aromatic carbocycles. The molecule has 0 spiro atoms. The number of imidazole rings is 1. The molecule has 1 aliphatic rings. The van der Waals surface area contributed by atoms with Gasteiger partial charge in [-0.05, 0) is 31.2 Å². The summed E-state index contributed by atoms with van der Waals surface area (Å²) in [6.07, 6.45) is 6.08. The Morgan fingerprint density at radius 3 is 2.78 bits per heavy atom. The molecule has 1 aromatic heterocycles. The third-order valence-corrected chi connectivity index (χ3v) is 3.66. The summed E-state index contributed by atoms with van der Waals surface area (Å²) in [4.78, 5) is 4.46. The van der Waals surface area contributed by atoms with Crippen LogP contribution in [0.25, 0.3) is 0 Å². The molecule has 0 radical (unpaired) electrons. The van der Waals surface area contributed by atoms with Crippen LogP contribution in [0.4, 0.5) is 0 Å². The number of aliphatic hydroxyl groups is 1. The summed E-state index contributed by atoms with van der Waals surface area (Å²) in [6.45, 7) is 0.604. The molecule has 18 heavy (non-hydrogen) atoms. The number of rotatable bonds is 3. The van der Waals surface area contributed by atoms with Crippen molar-refractivity contribution >= 4 is 0 Å². The number of hydrogen-bond acceptors (Lipinski definition) is 2. The second kappa shape index (κ2) is 4.94. The second-order valence-corrected chi connectivity index (χ2v) is 4.92. The molecule has 1 unspecified atom stereocenters. The average molecular weight is 242 g/mol. The van der Waals surface area contributed by atoms with E-state index in [0.717, 1.165) is 18.4 Å². The van der Waals surface area contributed by atoms with E-state index in [1.807, 2.05) is 36.7 Å². The highest BCUT2D eigenvalue weighted by molar-refractivity contribution is 5.19. The van der Waals surface area contributed by atoms with Crippen molar-refractivity contribution in [1.29, 1.82) is 0 Å². The van der Waals surface area contributed by atoms with Gasteiger partial charge in [0, 0.05) is 5.69 Å². The Hall–Kier alpha value is -1.61. The fourth-order valence-corrected chi connectivity index (χ4v) is 2.66. The van der Waals surface area contributed by atoms with E-state index in [0.29, 0.717) is 6.54 Å². The average Bonchev–Trinajstić information content (AvgIpc) is 2.83. The van der Waals surface area contributed by atoms with Gasteiger partial charge in [0.25, 0.3) is 0 Å². The maximum absolute atomic E-state index is 10.2. The topological polar surface area (TPSA) is 38.0 Å². The van der Waals surface area contributed by atoms with Crippen molar-refractivity contribution in [2.24, 2.45) is 0 Å². The normalized spacial score (nSPS) is 16.3. The zero-order valence-corrected chi connectivity index (χ0v) is 10.4. The molecule has 0 amide bonds. The molecule has 1 heterocycles. The Labute approximate surface area is 107 Å². The molecule has 3 heteroatoms. The maximum Gasteiger partial charge on any atom is 0.0969 e. The van der Waals surface area contributed by atoms with E-state index in [4.69, 9.17) is 0 Å². The first-order valence-electron chi connectivity index (χ1n) is 6.60. The summed E-state index contributed by atoms with van der Waals surface area (Å²) >= 11 is 0. The van der Waals surface area contributed by atoms with Gasteiger partial charge in [-0.2, -0.15) is 0 Å². The van der Waals surface area contributed by atoms with Crippen LogP contribution in [-0.4, -0.2) is 14.7 Å². The van der Waals surface area contributed by atoms with E-state index in [2.05, 4.69) is 9.55 Å². The number of aliphatic hydroxyl groups excluding tert-OH is 1. The van der Waals surface area contributed by atoms with Gasteiger partial charge in [0.1, 0.15) is 0 Å². The van der Waals surface area contributed by atoms with Gasteiger partial charge in [0.15, 0.2) is 0 Å². The molecule has 2 aromatic rings. The highest BCUT2D eigenvalue weighted by atomic mass is 16.3. The number of fused-ring (bicyclic) bond motifs is 1. The predicted molar refractivity (Wildman–Crippen MR) is 70.3 cm³/mol. The van der Waals surface area contributed by atoms with Crippen LogP contribution in [0.2, 0.25) is 0 Å². The number of aromatic nitrogens is 2. The monoisotopic (exact) mass is 242 g/mol. The van der Waals surface area contributed by atoms with Crippen molar-refractivity contribution in [2.75, 3.05) is 0 Å². The molecule has 1 N–H and O–H groups in total. The van der Waals surface area contributed by atoms with E-state index in [9.17, 15) is 5.11 Å². The Morgan fingerprint density at radius 1 is 1.17 bits per heavy atom. The minimum atomic E-state index is -0.452. The summed E-state index contributed by atoms with van der Waals surface area (Å²) in [6, 6.07) is 9.82. The minimum absolute atomic E-state index is 0.452. The molecular formula is C15H18N2O. The lowest BCUT2D eigenvalue weighted by Crippen LogP contribution is -2.13. The summed E-state index contributed by atoms with van der Waals surface area (Å²) < 4.78 is 2.12. The molecule has 94 valence electrons. The molecule has 3 nitrogen and oxygen atoms in total. The predicted octanol–water partition coefficient (Wildman–Crippen LogP) is 2.50. The smallest absolute Gasteiger partial charge is 0.0969 e. The Morgan fingerprint density at radius 2 is 1.94 bits per heavy atom. The first-order chi connectivity index (χ1) is 8.84. The third-order valence-electron chi connectivity index (χ3n) is 3.66. The Kier molecular flexibility index (Phi) is 3.15. The molecule has 0 fully saturated rings. The van der Waals surface area contributed by atoms with Crippen molar-refractivity contribution in [1.82, 2.24) is 9.55 Å². The van der Waals surface area contributed by atoms with E-state index in [1.165, 1.54) is 24.2 Å². The zero-order valence-electron chi connectivity index (χ0n) is 10.4. The fourth-order valence-electron chi connectivity index (χ4n) is 2.66. The van der Waals surface area contributed by atoms with E-state index >= 15 is 0 Å². The van der Waals surface area contributed by atoms with E-state index in [-0.39, 0.29) is 0 Å². The number of hydrogen-bond donors (Lipinski definition) is 1. The van der Waals surface area contributed by atoms with Gasteiger partial charge in [0.05, 0.1) is 24.7 Å². The van der Waals surface area contributed by atoms with Crippen LogP contribution in [0, 0.1) is 0 Å². The van der Waals surface area contributed by atoms with Crippen molar-refractivity contribution < 1.29 is 5.11 Å². The van der Waals surface area contributed by atoms with E-state index < -0.39 is 6.10 Å². The molecule has 0 saturated heterocycles. The molecule has 1 atom stereocenters. The SMILES string of the molecule is OC(Cn1cnc2c1CCCC2)c1ccccc1. The molecular weight excluding hydrogens is 224 g/mol. The number of nitrogens with zero attached hydrogens (tertiary/aromatic N) is 2. The van der Waals surface area contributed by atoms with Gasteiger partial charge < -0.3 is 9.67 Å². The van der Waals surface area contributed by atoms with Crippen molar-refractivity contribution in [2.45, 2.75) is 38.3 Å². The quantitative estimate of drug-likeness (QED) is 0.898. The molecule has 3 rings (SSSR count). The van der Waals surface area contributed by atoms with Crippen LogP contribution in [0.3, 0.4) is 0 Å². The van der Waals surface area contributed by atoms with Gasteiger partial charge in [-0.3, -0.25) is 0 Å². The number of aryl methyl sites for hydroxylation is 1. The van der Waals surface area contributed by atoms with Crippen LogP contribution < -0.4 is 0 Å². The largest absolute Gasteiger partial charge is 0.387 e. The van der Waals surface area contributed by atoms with Crippen molar-refractivity contribution in [3.63, 3.8) is 0 Å². The third kappa shape index (κ3) is 2.18. The molecule has 0 aliphatic heterocycles. The summed E-state index contributed by atoms with van der Waals surface area (Å²) in [5.74, 6) is 0. The Balaban J connectivity index is 1.79. The zero-order chi connectivity index (χ0) is 12.4. The molecule has 0 bridgehead atoms. The lowest BCUT2D eigenvalue weighted by Gasteiger charge is -2.17. The fraction of sp³-hybridized carbons (Fsp3) is 0.400. The molecule has 1 aliphatic carbocycles. The van der Waals surface area contributed by atoms with Gasteiger partial charge in [-0.15, -0.1) is 0 Å². The summed E-state index contributed by atoms with van der Waals surface area (Å²) in [7, 11) is 0. The lowest BCUT2D eigenvalue weighted by atomic mass is 10.0. The molecule has 0 saturated carbocycles. The maximum atomic E-state index is 10.2. The summed E-state index contributed by atoms with van der Waals surface area (Å²) in [5, 5.41) is 10.2. The Bertz CT molecular complexity index is 519.